The van der Waals surface area contributed by atoms with Gasteiger partial charge in [0.1, 0.15) is 0 Å². The molecule has 1 aromatic heterocycles. The summed E-state index contributed by atoms with van der Waals surface area (Å²) in [7, 11) is 0. The summed E-state index contributed by atoms with van der Waals surface area (Å²) in [5, 5.41) is 0. The first kappa shape index (κ1) is 21.0. The molecule has 0 saturated carbocycles. The van der Waals surface area contributed by atoms with Crippen molar-refractivity contribution in [2.24, 2.45) is 0 Å². The fraction of sp³-hybridized carbons (Fsp3) is 0.818. The Hall–Kier alpha value is -1.28. The fourth-order valence-electron chi connectivity index (χ4n) is 5.08. The average Bonchev–Trinajstić information content (AvgIpc) is 2.74. The molecule has 4 heterocycles. The van der Waals surface area contributed by atoms with Gasteiger partial charge in [0.25, 0.3) is 0 Å². The van der Waals surface area contributed by atoms with Crippen molar-refractivity contribution < 1.29 is 4.74 Å². The number of anilines is 1. The van der Waals surface area contributed by atoms with Gasteiger partial charge in [-0.3, -0.25) is 9.80 Å². The van der Waals surface area contributed by atoms with E-state index in [0.717, 1.165) is 37.3 Å². The van der Waals surface area contributed by atoms with Crippen LogP contribution in [-0.2, 0) is 11.3 Å². The Morgan fingerprint density at radius 1 is 0.966 bits per heavy atom. The Kier molecular flexibility index (Phi) is 7.00. The van der Waals surface area contributed by atoms with Crippen molar-refractivity contribution in [3.63, 3.8) is 0 Å². The summed E-state index contributed by atoms with van der Waals surface area (Å²) in [5.74, 6) is 0.855. The number of likely N-dealkylation sites (tertiary alicyclic amines) is 1. The highest BCUT2D eigenvalue weighted by molar-refractivity contribution is 5.31. The minimum atomic E-state index is 0.226. The van der Waals surface area contributed by atoms with Crippen LogP contribution in [0.1, 0.15) is 39.3 Å². The van der Waals surface area contributed by atoms with Crippen LogP contribution in [0, 0.1) is 0 Å². The third-order valence-electron chi connectivity index (χ3n) is 6.72. The monoisotopic (exact) mass is 402 g/mol. The van der Waals surface area contributed by atoms with Crippen molar-refractivity contribution in [2.45, 2.75) is 58.4 Å². The second-order valence-electron chi connectivity index (χ2n) is 8.99. The van der Waals surface area contributed by atoms with E-state index in [2.05, 4.69) is 51.4 Å². The van der Waals surface area contributed by atoms with Crippen molar-refractivity contribution in [1.82, 2.24) is 24.7 Å². The lowest BCUT2D eigenvalue weighted by Crippen LogP contribution is -2.53. The molecule has 4 rings (SSSR count). The topological polar surface area (TPSA) is 48.0 Å². The molecule has 0 bridgehead atoms. The van der Waals surface area contributed by atoms with E-state index >= 15 is 0 Å². The van der Waals surface area contributed by atoms with Crippen LogP contribution in [0.15, 0.2) is 12.3 Å². The second kappa shape index (κ2) is 9.69. The number of hydrogen-bond acceptors (Lipinski definition) is 7. The molecule has 3 saturated heterocycles. The molecule has 7 heteroatoms. The highest BCUT2D eigenvalue weighted by Gasteiger charge is 2.28. The predicted molar refractivity (Wildman–Crippen MR) is 116 cm³/mol. The minimum absolute atomic E-state index is 0.226. The summed E-state index contributed by atoms with van der Waals surface area (Å²) < 4.78 is 5.85. The average molecular weight is 403 g/mol. The van der Waals surface area contributed by atoms with Crippen LogP contribution >= 0.6 is 0 Å². The molecule has 3 aliphatic heterocycles. The van der Waals surface area contributed by atoms with Crippen LogP contribution in [0.2, 0.25) is 0 Å². The Labute approximate surface area is 176 Å². The zero-order valence-electron chi connectivity index (χ0n) is 18.5. The number of aromatic nitrogens is 2. The molecule has 2 atom stereocenters. The first-order chi connectivity index (χ1) is 14.1. The van der Waals surface area contributed by atoms with Gasteiger partial charge in [-0.15, -0.1) is 0 Å². The van der Waals surface area contributed by atoms with Gasteiger partial charge in [-0.05, 0) is 39.3 Å². The summed E-state index contributed by atoms with van der Waals surface area (Å²) in [6.45, 7) is 17.7. The molecule has 162 valence electrons. The highest BCUT2D eigenvalue weighted by Crippen LogP contribution is 2.21. The molecule has 2 unspecified atom stereocenters. The zero-order valence-corrected chi connectivity index (χ0v) is 18.5. The van der Waals surface area contributed by atoms with E-state index in [0.29, 0.717) is 0 Å². The Morgan fingerprint density at radius 3 is 2.31 bits per heavy atom. The molecule has 0 spiro atoms. The number of likely N-dealkylation sites (N-methyl/N-ethyl adjacent to an activating group) is 1. The maximum absolute atomic E-state index is 5.85. The Morgan fingerprint density at radius 2 is 1.66 bits per heavy atom. The molecule has 29 heavy (non-hydrogen) atoms. The normalized spacial score (nSPS) is 28.7. The molecule has 0 aliphatic carbocycles. The number of ether oxygens (including phenoxy) is 1. The summed E-state index contributed by atoms with van der Waals surface area (Å²) in [5.41, 5.74) is 1.14. The molecule has 0 aromatic carbocycles. The van der Waals surface area contributed by atoms with E-state index in [-0.39, 0.29) is 12.2 Å². The van der Waals surface area contributed by atoms with Crippen LogP contribution in [0.5, 0.6) is 0 Å². The molecular weight excluding hydrogens is 364 g/mol. The third kappa shape index (κ3) is 5.45. The summed E-state index contributed by atoms with van der Waals surface area (Å²) in [4.78, 5) is 19.6. The maximum atomic E-state index is 5.85. The lowest BCUT2D eigenvalue weighted by molar-refractivity contribution is -0.00574. The van der Waals surface area contributed by atoms with E-state index in [1.54, 1.807) is 0 Å². The predicted octanol–water partition coefficient (Wildman–Crippen LogP) is 1.69. The lowest BCUT2D eigenvalue weighted by Gasteiger charge is -2.42. The van der Waals surface area contributed by atoms with Gasteiger partial charge in [-0.1, -0.05) is 6.92 Å². The van der Waals surface area contributed by atoms with E-state index in [4.69, 9.17) is 9.72 Å². The Bertz CT molecular complexity index is 632. The summed E-state index contributed by atoms with van der Waals surface area (Å²) in [6.07, 6.45) is 4.93. The number of rotatable bonds is 5. The number of piperazine rings is 1. The molecule has 0 amide bonds. The maximum Gasteiger partial charge on any atom is 0.225 e. The van der Waals surface area contributed by atoms with E-state index in [9.17, 15) is 0 Å². The van der Waals surface area contributed by atoms with Gasteiger partial charge >= 0.3 is 0 Å². The largest absolute Gasteiger partial charge is 0.372 e. The van der Waals surface area contributed by atoms with Crippen LogP contribution in [0.3, 0.4) is 0 Å². The molecule has 1 aromatic rings. The van der Waals surface area contributed by atoms with Crippen molar-refractivity contribution in [3.05, 3.63) is 18.0 Å². The number of piperidine rings is 1. The van der Waals surface area contributed by atoms with Gasteiger partial charge < -0.3 is 14.5 Å². The first-order valence-corrected chi connectivity index (χ1v) is 11.5. The van der Waals surface area contributed by atoms with Gasteiger partial charge in [0.2, 0.25) is 5.95 Å². The van der Waals surface area contributed by atoms with Crippen molar-refractivity contribution >= 4 is 5.95 Å². The van der Waals surface area contributed by atoms with Crippen LogP contribution < -0.4 is 4.90 Å². The molecule has 0 N–H and O–H groups in total. The standard InChI is InChI=1S/C22H38N6O/c1-4-25-11-13-27(14-12-25)21-6-9-26(10-7-21)17-20-5-8-23-22(24-20)28-15-18(2)29-19(3)16-28/h5,8,18-19,21H,4,6-7,9-17H2,1-3H3. The third-order valence-corrected chi connectivity index (χ3v) is 6.72. The quantitative estimate of drug-likeness (QED) is 0.743. The van der Waals surface area contributed by atoms with E-state index in [1.165, 1.54) is 58.7 Å². The van der Waals surface area contributed by atoms with Gasteiger partial charge in [0.15, 0.2) is 0 Å². The minimum Gasteiger partial charge on any atom is -0.372 e. The van der Waals surface area contributed by atoms with Gasteiger partial charge in [-0.2, -0.15) is 0 Å². The van der Waals surface area contributed by atoms with Crippen molar-refractivity contribution in [2.75, 3.05) is 63.8 Å². The fourth-order valence-corrected chi connectivity index (χ4v) is 5.08. The molecule has 7 nitrogen and oxygen atoms in total. The number of hydrogen-bond donors (Lipinski definition) is 0. The summed E-state index contributed by atoms with van der Waals surface area (Å²) in [6, 6.07) is 2.84. The summed E-state index contributed by atoms with van der Waals surface area (Å²) >= 11 is 0. The smallest absolute Gasteiger partial charge is 0.225 e. The van der Waals surface area contributed by atoms with Crippen LogP contribution in [0.4, 0.5) is 5.95 Å². The van der Waals surface area contributed by atoms with Crippen LogP contribution in [-0.4, -0.2) is 102 Å². The van der Waals surface area contributed by atoms with E-state index < -0.39 is 0 Å². The number of morpholine rings is 1. The van der Waals surface area contributed by atoms with Gasteiger partial charge in [-0.25, -0.2) is 9.97 Å². The Balaban J connectivity index is 1.27. The molecule has 0 radical (unpaired) electrons. The lowest BCUT2D eigenvalue weighted by atomic mass is 10.0. The van der Waals surface area contributed by atoms with E-state index in [1.807, 2.05) is 6.20 Å². The van der Waals surface area contributed by atoms with Crippen LogP contribution in [0.25, 0.3) is 0 Å². The molecule has 3 aliphatic rings. The first-order valence-electron chi connectivity index (χ1n) is 11.5. The van der Waals surface area contributed by atoms with Crippen molar-refractivity contribution in [1.29, 1.82) is 0 Å². The highest BCUT2D eigenvalue weighted by atomic mass is 16.5. The van der Waals surface area contributed by atoms with Crippen molar-refractivity contribution in [3.8, 4) is 0 Å². The second-order valence-corrected chi connectivity index (χ2v) is 8.99. The SMILES string of the molecule is CCN1CCN(C2CCN(Cc3ccnc(N4CC(C)OC(C)C4)n3)CC2)CC1. The van der Waals surface area contributed by atoms with Gasteiger partial charge in [0.05, 0.1) is 17.9 Å². The number of nitrogens with zero attached hydrogens (tertiary/aromatic N) is 6. The molecular formula is C22H38N6O. The molecule has 3 fully saturated rings. The van der Waals surface area contributed by atoms with Gasteiger partial charge in [0, 0.05) is 71.1 Å². The zero-order chi connectivity index (χ0) is 20.2.